The van der Waals surface area contributed by atoms with Crippen LogP contribution in [0.1, 0.15) is 86.2 Å². The van der Waals surface area contributed by atoms with Crippen molar-refractivity contribution in [3.05, 3.63) is 81.2 Å². The van der Waals surface area contributed by atoms with Gasteiger partial charge in [-0.25, -0.2) is 17.9 Å². The van der Waals surface area contributed by atoms with E-state index in [0.717, 1.165) is 67.5 Å². The lowest BCUT2D eigenvalue weighted by atomic mass is 9.96. The summed E-state index contributed by atoms with van der Waals surface area (Å²) in [7, 11) is -3.93. The van der Waals surface area contributed by atoms with Crippen LogP contribution in [0.2, 0.25) is 0 Å². The molecule has 0 spiro atoms. The number of hydrogen-bond acceptors (Lipinski definition) is 6. The van der Waals surface area contributed by atoms with Gasteiger partial charge in [0, 0.05) is 17.5 Å². The molecule has 0 amide bonds. The maximum atomic E-state index is 13.5. The lowest BCUT2D eigenvalue weighted by Gasteiger charge is -2.20. The first-order valence-corrected chi connectivity index (χ1v) is 16.0. The van der Waals surface area contributed by atoms with Gasteiger partial charge in [0.25, 0.3) is 10.0 Å². The minimum absolute atomic E-state index is 0.0365. The number of anilines is 1. The fourth-order valence-electron chi connectivity index (χ4n) is 5.62. The molecule has 1 fully saturated rings. The minimum atomic E-state index is -3.93. The zero-order valence-corrected chi connectivity index (χ0v) is 25.1. The molecule has 0 saturated heterocycles. The SMILES string of the molecule is CCCCc1nn(C2CCCCC2)c(=O)n1Cc1ccc(-c2ccccc2S(=O)(=O)Nc2noc(C)c2C)c(C)c1. The maximum Gasteiger partial charge on any atom is 0.346 e. The molecular formula is C31H39N5O4S. The second-order valence-corrected chi connectivity index (χ2v) is 12.7. The van der Waals surface area contributed by atoms with Crippen LogP contribution in [0.5, 0.6) is 0 Å². The van der Waals surface area contributed by atoms with E-state index in [2.05, 4.69) is 16.8 Å². The summed E-state index contributed by atoms with van der Waals surface area (Å²) in [4.78, 5) is 13.7. The Hall–Kier alpha value is -3.66. The van der Waals surface area contributed by atoms with Gasteiger partial charge >= 0.3 is 5.69 Å². The Balaban J connectivity index is 1.45. The summed E-state index contributed by atoms with van der Waals surface area (Å²) in [5.41, 5.74) is 3.90. The normalized spacial score (nSPS) is 14.4. The Kier molecular flexibility index (Phi) is 8.49. The van der Waals surface area contributed by atoms with Crippen molar-refractivity contribution in [3.63, 3.8) is 0 Å². The highest BCUT2D eigenvalue weighted by Crippen LogP contribution is 2.32. The molecule has 0 unspecified atom stereocenters. The number of nitrogens with one attached hydrogen (secondary N) is 1. The van der Waals surface area contributed by atoms with Crippen molar-refractivity contribution in [3.8, 4) is 11.1 Å². The molecule has 10 heteroatoms. The fraction of sp³-hybridized carbons (Fsp3) is 0.452. The van der Waals surface area contributed by atoms with Crippen LogP contribution in [-0.4, -0.2) is 27.9 Å². The summed E-state index contributed by atoms with van der Waals surface area (Å²) < 4.78 is 38.1. The predicted octanol–water partition coefficient (Wildman–Crippen LogP) is 6.32. The summed E-state index contributed by atoms with van der Waals surface area (Å²) in [5.74, 6) is 1.58. The summed E-state index contributed by atoms with van der Waals surface area (Å²) in [6, 6.07) is 13.0. The quantitative estimate of drug-likeness (QED) is 0.236. The number of hydrogen-bond donors (Lipinski definition) is 1. The van der Waals surface area contributed by atoms with Crippen molar-refractivity contribution >= 4 is 15.8 Å². The van der Waals surface area contributed by atoms with Gasteiger partial charge < -0.3 is 4.52 Å². The van der Waals surface area contributed by atoms with Gasteiger partial charge in [-0.3, -0.25) is 9.29 Å². The Labute approximate surface area is 241 Å². The van der Waals surface area contributed by atoms with Crippen LogP contribution in [0.15, 0.2) is 56.7 Å². The topological polar surface area (TPSA) is 112 Å². The Morgan fingerprint density at radius 1 is 1.02 bits per heavy atom. The minimum Gasteiger partial charge on any atom is -0.359 e. The molecule has 0 aliphatic heterocycles. The van der Waals surface area contributed by atoms with Crippen molar-refractivity contribution in [2.24, 2.45) is 0 Å². The van der Waals surface area contributed by atoms with Crippen LogP contribution in [0.3, 0.4) is 0 Å². The molecule has 4 aromatic rings. The molecule has 2 heterocycles. The number of sulfonamides is 1. The molecule has 1 saturated carbocycles. The van der Waals surface area contributed by atoms with Crippen LogP contribution in [0, 0.1) is 20.8 Å². The highest BCUT2D eigenvalue weighted by atomic mass is 32.2. The van der Waals surface area contributed by atoms with Gasteiger partial charge in [0.1, 0.15) is 11.6 Å². The molecule has 0 bridgehead atoms. The zero-order chi connectivity index (χ0) is 29.1. The van der Waals surface area contributed by atoms with Crippen molar-refractivity contribution < 1.29 is 12.9 Å². The highest BCUT2D eigenvalue weighted by Gasteiger charge is 2.24. The van der Waals surface area contributed by atoms with E-state index in [9.17, 15) is 13.2 Å². The average molecular weight is 578 g/mol. The number of unbranched alkanes of at least 4 members (excludes halogenated alkanes) is 1. The number of aromatic nitrogens is 4. The molecule has 1 aliphatic carbocycles. The summed E-state index contributed by atoms with van der Waals surface area (Å²) in [5, 5.41) is 8.68. The molecular weight excluding hydrogens is 538 g/mol. The van der Waals surface area contributed by atoms with Gasteiger partial charge in [-0.2, -0.15) is 5.10 Å². The van der Waals surface area contributed by atoms with Crippen LogP contribution in [0.25, 0.3) is 11.1 Å². The molecule has 0 radical (unpaired) electrons. The molecule has 5 rings (SSSR count). The van der Waals surface area contributed by atoms with Gasteiger partial charge in [-0.15, -0.1) is 0 Å². The van der Waals surface area contributed by atoms with E-state index in [4.69, 9.17) is 9.62 Å². The second kappa shape index (κ2) is 12.1. The van der Waals surface area contributed by atoms with E-state index in [1.807, 2.05) is 35.8 Å². The van der Waals surface area contributed by atoms with Gasteiger partial charge in [0.2, 0.25) is 0 Å². The highest BCUT2D eigenvalue weighted by molar-refractivity contribution is 7.92. The number of nitrogens with zero attached hydrogens (tertiary/aromatic N) is 4. The van der Waals surface area contributed by atoms with Gasteiger partial charge in [0.15, 0.2) is 5.82 Å². The zero-order valence-electron chi connectivity index (χ0n) is 24.3. The van der Waals surface area contributed by atoms with E-state index in [0.29, 0.717) is 23.4 Å². The summed E-state index contributed by atoms with van der Waals surface area (Å²) in [6.45, 7) is 8.03. The molecule has 1 aliphatic rings. The first kappa shape index (κ1) is 28.9. The van der Waals surface area contributed by atoms with Crippen molar-refractivity contribution in [2.75, 3.05) is 4.72 Å². The van der Waals surface area contributed by atoms with Crippen molar-refractivity contribution in [2.45, 2.75) is 96.5 Å². The molecule has 0 atom stereocenters. The second-order valence-electron chi connectivity index (χ2n) is 11.1. The fourth-order valence-corrected chi connectivity index (χ4v) is 6.91. The predicted molar refractivity (Wildman–Crippen MR) is 160 cm³/mol. The van der Waals surface area contributed by atoms with E-state index in [1.54, 1.807) is 36.7 Å². The first-order chi connectivity index (χ1) is 19.7. The van der Waals surface area contributed by atoms with Crippen LogP contribution < -0.4 is 10.4 Å². The molecule has 2 aromatic heterocycles. The van der Waals surface area contributed by atoms with Crippen LogP contribution in [0.4, 0.5) is 5.82 Å². The lowest BCUT2D eigenvalue weighted by molar-refractivity contribution is 0.319. The van der Waals surface area contributed by atoms with E-state index in [1.165, 1.54) is 6.42 Å². The lowest BCUT2D eigenvalue weighted by Crippen LogP contribution is -2.30. The molecule has 41 heavy (non-hydrogen) atoms. The van der Waals surface area contributed by atoms with E-state index < -0.39 is 10.0 Å². The molecule has 218 valence electrons. The van der Waals surface area contributed by atoms with E-state index >= 15 is 0 Å². The number of benzene rings is 2. The van der Waals surface area contributed by atoms with E-state index in [-0.39, 0.29) is 22.4 Å². The van der Waals surface area contributed by atoms with Crippen molar-refractivity contribution in [1.82, 2.24) is 19.5 Å². The third kappa shape index (κ3) is 6.02. The van der Waals surface area contributed by atoms with Gasteiger partial charge in [-0.1, -0.05) is 74.2 Å². The Morgan fingerprint density at radius 2 is 1.78 bits per heavy atom. The Bertz CT molecular complexity index is 1690. The third-order valence-electron chi connectivity index (χ3n) is 8.12. The first-order valence-electron chi connectivity index (χ1n) is 14.5. The maximum absolute atomic E-state index is 13.5. The third-order valence-corrected chi connectivity index (χ3v) is 9.52. The van der Waals surface area contributed by atoms with Crippen LogP contribution >= 0.6 is 0 Å². The number of aryl methyl sites for hydroxylation is 3. The summed E-state index contributed by atoms with van der Waals surface area (Å²) in [6.07, 6.45) is 8.29. The smallest absolute Gasteiger partial charge is 0.346 e. The Morgan fingerprint density at radius 3 is 2.46 bits per heavy atom. The van der Waals surface area contributed by atoms with Gasteiger partial charge in [-0.05, 0) is 62.8 Å². The van der Waals surface area contributed by atoms with Gasteiger partial charge in [0.05, 0.1) is 17.5 Å². The number of rotatable bonds is 10. The molecule has 2 aromatic carbocycles. The molecule has 9 nitrogen and oxygen atoms in total. The average Bonchev–Trinajstić information content (AvgIpc) is 3.45. The molecule has 1 N–H and O–H groups in total. The summed E-state index contributed by atoms with van der Waals surface area (Å²) >= 11 is 0. The largest absolute Gasteiger partial charge is 0.359 e. The van der Waals surface area contributed by atoms with Crippen LogP contribution in [-0.2, 0) is 23.0 Å². The van der Waals surface area contributed by atoms with Crippen molar-refractivity contribution in [1.29, 1.82) is 0 Å². The monoisotopic (exact) mass is 577 g/mol. The standard InChI is InChI=1S/C31H39N5O4S/c1-5-6-16-29-32-36(25-12-8-7-9-13-25)31(37)35(29)20-24-17-18-26(21(2)19-24)27-14-10-11-15-28(27)41(38,39)34-30-22(3)23(4)40-33-30/h10-11,14-15,17-19,25H,5-9,12-13,16,20H2,1-4H3,(H,33,34).